The van der Waals surface area contributed by atoms with Gasteiger partial charge in [-0.3, -0.25) is 5.10 Å². The summed E-state index contributed by atoms with van der Waals surface area (Å²) >= 11 is 0. The molecule has 0 radical (unpaired) electrons. The number of nitrogens with one attached hydrogen (secondary N) is 2. The number of hydrogen-bond acceptors (Lipinski definition) is 4. The lowest BCUT2D eigenvalue weighted by atomic mass is 10.0. The predicted octanol–water partition coefficient (Wildman–Crippen LogP) is 1.83. The Morgan fingerprint density at radius 2 is 2.42 bits per heavy atom. The molecule has 2 heterocycles. The molecule has 3 rings (SSSR count). The van der Waals surface area contributed by atoms with Crippen LogP contribution in [0.3, 0.4) is 0 Å². The van der Waals surface area contributed by atoms with Crippen LogP contribution in [0, 0.1) is 0 Å². The maximum atomic E-state index is 5.79. The Balaban J connectivity index is 1.98. The second-order valence-electron chi connectivity index (χ2n) is 4.69. The molecule has 1 aliphatic heterocycles. The first-order valence-electron chi connectivity index (χ1n) is 6.73. The van der Waals surface area contributed by atoms with Crippen LogP contribution in [0.5, 0.6) is 5.75 Å². The van der Waals surface area contributed by atoms with E-state index in [1.54, 1.807) is 6.33 Å². The van der Waals surface area contributed by atoms with Gasteiger partial charge in [-0.1, -0.05) is 25.1 Å². The molecule has 2 aromatic rings. The van der Waals surface area contributed by atoms with Gasteiger partial charge in [-0.05, 0) is 18.5 Å². The predicted molar refractivity (Wildman–Crippen MR) is 72.2 cm³/mol. The zero-order valence-corrected chi connectivity index (χ0v) is 11.0. The SMILES string of the molecule is CCCNC(c1ncn[nH]1)c1cccc2c1OCC2. The quantitative estimate of drug-likeness (QED) is 0.859. The van der Waals surface area contributed by atoms with E-state index in [2.05, 4.69) is 45.6 Å². The molecule has 100 valence electrons. The largest absolute Gasteiger partial charge is 0.493 e. The lowest BCUT2D eigenvalue weighted by Gasteiger charge is -2.18. The van der Waals surface area contributed by atoms with Crippen LogP contribution in [0.2, 0.25) is 0 Å². The van der Waals surface area contributed by atoms with Crippen molar-refractivity contribution in [3.05, 3.63) is 41.5 Å². The van der Waals surface area contributed by atoms with Gasteiger partial charge in [-0.15, -0.1) is 0 Å². The summed E-state index contributed by atoms with van der Waals surface area (Å²) in [6, 6.07) is 6.32. The van der Waals surface area contributed by atoms with Crippen molar-refractivity contribution in [3.63, 3.8) is 0 Å². The van der Waals surface area contributed by atoms with Crippen molar-refractivity contribution in [1.82, 2.24) is 20.5 Å². The van der Waals surface area contributed by atoms with Crippen molar-refractivity contribution >= 4 is 0 Å². The maximum Gasteiger partial charge on any atom is 0.146 e. The number of fused-ring (bicyclic) bond motifs is 1. The van der Waals surface area contributed by atoms with E-state index in [9.17, 15) is 0 Å². The van der Waals surface area contributed by atoms with Crippen molar-refractivity contribution in [1.29, 1.82) is 0 Å². The lowest BCUT2D eigenvalue weighted by Crippen LogP contribution is -2.24. The monoisotopic (exact) mass is 258 g/mol. The summed E-state index contributed by atoms with van der Waals surface area (Å²) in [7, 11) is 0. The minimum atomic E-state index is 0.00972. The second-order valence-corrected chi connectivity index (χ2v) is 4.69. The summed E-state index contributed by atoms with van der Waals surface area (Å²) in [6.45, 7) is 3.84. The van der Waals surface area contributed by atoms with E-state index < -0.39 is 0 Å². The van der Waals surface area contributed by atoms with E-state index >= 15 is 0 Å². The van der Waals surface area contributed by atoms with E-state index in [0.717, 1.165) is 43.1 Å². The van der Waals surface area contributed by atoms with Gasteiger partial charge >= 0.3 is 0 Å². The Kier molecular flexibility index (Phi) is 3.46. The molecule has 1 atom stereocenters. The Morgan fingerprint density at radius 1 is 1.47 bits per heavy atom. The Bertz CT molecular complexity index is 538. The summed E-state index contributed by atoms with van der Waals surface area (Å²) in [5.41, 5.74) is 2.42. The number of aromatic nitrogens is 3. The molecule has 1 unspecified atom stereocenters. The fourth-order valence-electron chi connectivity index (χ4n) is 2.46. The molecule has 0 aliphatic carbocycles. The first-order valence-corrected chi connectivity index (χ1v) is 6.73. The molecule has 19 heavy (non-hydrogen) atoms. The first-order chi connectivity index (χ1) is 9.40. The highest BCUT2D eigenvalue weighted by atomic mass is 16.5. The number of aromatic amines is 1. The lowest BCUT2D eigenvalue weighted by molar-refractivity contribution is 0.350. The third-order valence-corrected chi connectivity index (χ3v) is 3.36. The summed E-state index contributed by atoms with van der Waals surface area (Å²) in [4.78, 5) is 4.29. The van der Waals surface area contributed by atoms with Crippen LogP contribution in [0.4, 0.5) is 0 Å². The number of ether oxygens (including phenoxy) is 1. The molecule has 0 saturated heterocycles. The van der Waals surface area contributed by atoms with E-state index in [-0.39, 0.29) is 6.04 Å². The molecule has 0 saturated carbocycles. The van der Waals surface area contributed by atoms with Crippen LogP contribution in [-0.4, -0.2) is 28.3 Å². The molecule has 1 aromatic heterocycles. The first kappa shape index (κ1) is 12.2. The molecule has 1 aromatic carbocycles. The second kappa shape index (κ2) is 5.40. The molecule has 2 N–H and O–H groups in total. The van der Waals surface area contributed by atoms with Gasteiger partial charge in [0.25, 0.3) is 0 Å². The molecular weight excluding hydrogens is 240 g/mol. The average molecular weight is 258 g/mol. The van der Waals surface area contributed by atoms with E-state index in [1.807, 2.05) is 0 Å². The van der Waals surface area contributed by atoms with Gasteiger partial charge in [0.2, 0.25) is 0 Å². The molecule has 5 nitrogen and oxygen atoms in total. The smallest absolute Gasteiger partial charge is 0.146 e. The molecular formula is C14H18N4O. The molecule has 1 aliphatic rings. The van der Waals surface area contributed by atoms with Crippen molar-refractivity contribution in [2.75, 3.05) is 13.2 Å². The van der Waals surface area contributed by atoms with Gasteiger partial charge in [-0.25, -0.2) is 4.98 Å². The minimum absolute atomic E-state index is 0.00972. The van der Waals surface area contributed by atoms with Gasteiger partial charge in [0.1, 0.15) is 17.9 Å². The zero-order chi connectivity index (χ0) is 13.1. The molecule has 0 bridgehead atoms. The molecule has 5 heteroatoms. The fraction of sp³-hybridized carbons (Fsp3) is 0.429. The van der Waals surface area contributed by atoms with Crippen LogP contribution in [0.25, 0.3) is 0 Å². The number of nitrogens with zero attached hydrogens (tertiary/aromatic N) is 2. The Labute approximate surface area is 112 Å². The van der Waals surface area contributed by atoms with Gasteiger partial charge in [0.05, 0.1) is 12.6 Å². The summed E-state index contributed by atoms with van der Waals surface area (Å²) in [5.74, 6) is 1.84. The topological polar surface area (TPSA) is 62.8 Å². The van der Waals surface area contributed by atoms with Crippen molar-refractivity contribution in [2.45, 2.75) is 25.8 Å². The summed E-state index contributed by atoms with van der Waals surface area (Å²) in [5, 5.41) is 10.4. The summed E-state index contributed by atoms with van der Waals surface area (Å²) in [6.07, 6.45) is 3.60. The Hall–Kier alpha value is -1.88. The van der Waals surface area contributed by atoms with E-state index in [0.29, 0.717) is 0 Å². The van der Waals surface area contributed by atoms with Crippen LogP contribution in [0.15, 0.2) is 24.5 Å². The van der Waals surface area contributed by atoms with Gasteiger partial charge in [0.15, 0.2) is 0 Å². The van der Waals surface area contributed by atoms with Gasteiger partial charge in [-0.2, -0.15) is 5.10 Å². The highest BCUT2D eigenvalue weighted by molar-refractivity contribution is 5.47. The molecule has 0 spiro atoms. The van der Waals surface area contributed by atoms with E-state index in [1.165, 1.54) is 5.56 Å². The van der Waals surface area contributed by atoms with Crippen molar-refractivity contribution < 1.29 is 4.74 Å². The average Bonchev–Trinajstić information content (AvgIpc) is 3.10. The van der Waals surface area contributed by atoms with Crippen molar-refractivity contribution in [3.8, 4) is 5.75 Å². The van der Waals surface area contributed by atoms with Crippen molar-refractivity contribution in [2.24, 2.45) is 0 Å². The number of para-hydroxylation sites is 1. The number of rotatable bonds is 5. The summed E-state index contributed by atoms with van der Waals surface area (Å²) < 4.78 is 5.79. The standard InChI is InChI=1S/C14H18N4O/c1-2-7-15-12(14-16-9-17-18-14)11-5-3-4-10-6-8-19-13(10)11/h3-5,9,12,15H,2,6-8H2,1H3,(H,16,17,18). The van der Waals surface area contributed by atoms with Crippen LogP contribution in [0.1, 0.15) is 36.3 Å². The van der Waals surface area contributed by atoms with E-state index in [4.69, 9.17) is 4.74 Å². The van der Waals surface area contributed by atoms with Gasteiger partial charge < -0.3 is 10.1 Å². The zero-order valence-electron chi connectivity index (χ0n) is 11.0. The Morgan fingerprint density at radius 3 is 3.21 bits per heavy atom. The molecule has 0 amide bonds. The number of H-pyrrole nitrogens is 1. The van der Waals surface area contributed by atoms with Crippen LogP contribution in [-0.2, 0) is 6.42 Å². The highest BCUT2D eigenvalue weighted by Gasteiger charge is 2.24. The normalized spacial score (nSPS) is 15.0. The fourth-order valence-corrected chi connectivity index (χ4v) is 2.46. The third kappa shape index (κ3) is 2.33. The number of hydrogen-bond donors (Lipinski definition) is 2. The van der Waals surface area contributed by atoms with Crippen LogP contribution >= 0.6 is 0 Å². The maximum absolute atomic E-state index is 5.79. The highest BCUT2D eigenvalue weighted by Crippen LogP contribution is 2.35. The minimum Gasteiger partial charge on any atom is -0.493 e. The number of benzene rings is 1. The van der Waals surface area contributed by atoms with Crippen LogP contribution < -0.4 is 10.1 Å². The molecule has 0 fully saturated rings. The third-order valence-electron chi connectivity index (χ3n) is 3.36. The van der Waals surface area contributed by atoms with Gasteiger partial charge in [0, 0.05) is 12.0 Å².